The smallest absolute Gasteiger partial charge is 0.222 e. The Hall–Kier alpha value is -0.870. The maximum atomic E-state index is 12.1. The Labute approximate surface area is 123 Å². The van der Waals surface area contributed by atoms with Crippen molar-refractivity contribution < 1.29 is 4.79 Å². The number of nitrogens with zero attached hydrogens (tertiary/aromatic N) is 1. The van der Waals surface area contributed by atoms with Crippen LogP contribution in [0.2, 0.25) is 0 Å². The number of nitrogens with two attached hydrogens (primary N) is 1. The van der Waals surface area contributed by atoms with Gasteiger partial charge in [0.05, 0.1) is 0 Å². The fourth-order valence-electron chi connectivity index (χ4n) is 2.42. The highest BCUT2D eigenvalue weighted by molar-refractivity contribution is 9.10. The van der Waals surface area contributed by atoms with Gasteiger partial charge in [0.2, 0.25) is 5.91 Å². The lowest BCUT2D eigenvalue weighted by Crippen LogP contribution is -2.42. The molecule has 0 aliphatic carbocycles. The highest BCUT2D eigenvalue weighted by atomic mass is 79.9. The number of hydrogen-bond acceptors (Lipinski definition) is 2. The number of piperidine rings is 1. The molecule has 1 fully saturated rings. The fourth-order valence-corrected chi connectivity index (χ4v) is 2.67. The lowest BCUT2D eigenvalue weighted by atomic mass is 10.0. The first kappa shape index (κ1) is 14.5. The molecule has 1 heterocycles. The molecule has 3 nitrogen and oxygen atoms in total. The van der Waals surface area contributed by atoms with Crippen LogP contribution < -0.4 is 5.73 Å². The van der Waals surface area contributed by atoms with Gasteiger partial charge in [-0.15, -0.1) is 0 Å². The summed E-state index contributed by atoms with van der Waals surface area (Å²) >= 11 is 3.49. The van der Waals surface area contributed by atoms with Crippen LogP contribution >= 0.6 is 15.9 Å². The van der Waals surface area contributed by atoms with Gasteiger partial charge in [0.1, 0.15) is 0 Å². The molecular formula is C15H21BrN2O. The van der Waals surface area contributed by atoms with Crippen molar-refractivity contribution in [1.29, 1.82) is 0 Å². The number of benzene rings is 1. The summed E-state index contributed by atoms with van der Waals surface area (Å²) in [6.45, 7) is 3.71. The summed E-state index contributed by atoms with van der Waals surface area (Å²) in [7, 11) is 0. The molecule has 0 bridgehead atoms. The molecule has 1 aromatic rings. The zero-order valence-corrected chi connectivity index (χ0v) is 12.9. The van der Waals surface area contributed by atoms with Crippen LogP contribution in [0, 0.1) is 6.92 Å². The van der Waals surface area contributed by atoms with E-state index in [1.807, 2.05) is 4.90 Å². The number of aryl methyl sites for hydroxylation is 2. The van der Waals surface area contributed by atoms with E-state index in [-0.39, 0.29) is 11.9 Å². The second kappa shape index (κ2) is 6.53. The summed E-state index contributed by atoms with van der Waals surface area (Å²) in [5.41, 5.74) is 8.29. The van der Waals surface area contributed by atoms with Crippen LogP contribution in [0.25, 0.3) is 0 Å². The van der Waals surface area contributed by atoms with E-state index in [4.69, 9.17) is 5.73 Å². The van der Waals surface area contributed by atoms with Gasteiger partial charge in [0, 0.05) is 30.0 Å². The van der Waals surface area contributed by atoms with E-state index in [9.17, 15) is 4.79 Å². The van der Waals surface area contributed by atoms with Crippen LogP contribution in [0.5, 0.6) is 0 Å². The van der Waals surface area contributed by atoms with Gasteiger partial charge in [-0.3, -0.25) is 4.79 Å². The normalized spacial score (nSPS) is 16.7. The number of halogens is 1. The van der Waals surface area contributed by atoms with E-state index < -0.39 is 0 Å². The molecule has 0 unspecified atom stereocenters. The molecule has 1 saturated heterocycles. The first-order valence-corrected chi connectivity index (χ1v) is 7.64. The lowest BCUT2D eigenvalue weighted by Gasteiger charge is -2.30. The highest BCUT2D eigenvalue weighted by Crippen LogP contribution is 2.18. The lowest BCUT2D eigenvalue weighted by molar-refractivity contribution is -0.132. The van der Waals surface area contributed by atoms with E-state index in [1.165, 1.54) is 11.1 Å². The number of likely N-dealkylation sites (tertiary alicyclic amines) is 1. The summed E-state index contributed by atoms with van der Waals surface area (Å²) in [6, 6.07) is 6.55. The summed E-state index contributed by atoms with van der Waals surface area (Å²) in [4.78, 5) is 14.1. The zero-order chi connectivity index (χ0) is 13.8. The zero-order valence-electron chi connectivity index (χ0n) is 11.4. The van der Waals surface area contributed by atoms with E-state index in [0.717, 1.165) is 36.8 Å². The number of carbonyl (C=O) groups is 1. The topological polar surface area (TPSA) is 46.3 Å². The summed E-state index contributed by atoms with van der Waals surface area (Å²) in [5.74, 6) is 0.257. The number of amides is 1. The Morgan fingerprint density at radius 3 is 2.74 bits per heavy atom. The van der Waals surface area contributed by atoms with Gasteiger partial charge < -0.3 is 10.6 Å². The average Bonchev–Trinajstić information content (AvgIpc) is 2.40. The monoisotopic (exact) mass is 324 g/mol. The Bertz CT molecular complexity index is 453. The minimum atomic E-state index is 0.257. The van der Waals surface area contributed by atoms with Gasteiger partial charge in [0.15, 0.2) is 0 Å². The minimum absolute atomic E-state index is 0.257. The quantitative estimate of drug-likeness (QED) is 0.929. The van der Waals surface area contributed by atoms with Crippen molar-refractivity contribution in [3.63, 3.8) is 0 Å². The van der Waals surface area contributed by atoms with Crippen LogP contribution in [-0.2, 0) is 11.2 Å². The second-order valence-electron chi connectivity index (χ2n) is 5.30. The molecule has 2 rings (SSSR count). The third-order valence-corrected chi connectivity index (χ3v) is 4.63. The largest absolute Gasteiger partial charge is 0.343 e. The average molecular weight is 325 g/mol. The molecule has 1 amide bonds. The van der Waals surface area contributed by atoms with E-state index in [1.54, 1.807) is 0 Å². The minimum Gasteiger partial charge on any atom is -0.343 e. The molecule has 1 aliphatic rings. The van der Waals surface area contributed by atoms with Crippen LogP contribution in [-0.4, -0.2) is 29.9 Å². The second-order valence-corrected chi connectivity index (χ2v) is 6.16. The Morgan fingerprint density at radius 2 is 2.11 bits per heavy atom. The van der Waals surface area contributed by atoms with Gasteiger partial charge in [-0.1, -0.05) is 28.1 Å². The summed E-state index contributed by atoms with van der Waals surface area (Å²) in [6.07, 6.45) is 3.28. The molecule has 0 radical (unpaired) electrons. The van der Waals surface area contributed by atoms with Gasteiger partial charge in [-0.2, -0.15) is 0 Å². The predicted octanol–water partition coefficient (Wildman–Crippen LogP) is 2.64. The standard InChI is InChI=1S/C15H21BrN2O/c1-11-10-12(2-4-14(11)16)3-5-15(19)18-8-6-13(17)7-9-18/h2,4,10,13H,3,5-9,17H2,1H3. The fraction of sp³-hybridized carbons (Fsp3) is 0.533. The summed E-state index contributed by atoms with van der Waals surface area (Å²) in [5, 5.41) is 0. The molecule has 2 N–H and O–H groups in total. The van der Waals surface area contributed by atoms with Crippen LogP contribution in [0.1, 0.15) is 30.4 Å². The molecule has 0 saturated carbocycles. The van der Waals surface area contributed by atoms with Gasteiger partial charge >= 0.3 is 0 Å². The van der Waals surface area contributed by atoms with Crippen molar-refractivity contribution in [1.82, 2.24) is 4.90 Å². The van der Waals surface area contributed by atoms with Crippen molar-refractivity contribution in [2.24, 2.45) is 5.73 Å². The molecule has 4 heteroatoms. The number of rotatable bonds is 3. The molecule has 104 valence electrons. The predicted molar refractivity (Wildman–Crippen MR) is 81.0 cm³/mol. The number of hydrogen-bond donors (Lipinski definition) is 1. The van der Waals surface area contributed by atoms with E-state index in [2.05, 4.69) is 41.1 Å². The Kier molecular flexibility index (Phi) is 4.99. The third-order valence-electron chi connectivity index (χ3n) is 3.74. The van der Waals surface area contributed by atoms with Crippen molar-refractivity contribution >= 4 is 21.8 Å². The number of carbonyl (C=O) groups excluding carboxylic acids is 1. The van der Waals surface area contributed by atoms with Crippen LogP contribution in [0.15, 0.2) is 22.7 Å². The van der Waals surface area contributed by atoms with Crippen molar-refractivity contribution in [3.05, 3.63) is 33.8 Å². The molecule has 19 heavy (non-hydrogen) atoms. The van der Waals surface area contributed by atoms with Crippen molar-refractivity contribution in [2.75, 3.05) is 13.1 Å². The Morgan fingerprint density at radius 1 is 1.42 bits per heavy atom. The van der Waals surface area contributed by atoms with E-state index >= 15 is 0 Å². The first-order valence-electron chi connectivity index (χ1n) is 6.84. The first-order chi connectivity index (χ1) is 9.06. The van der Waals surface area contributed by atoms with Gasteiger partial charge in [0.25, 0.3) is 0 Å². The van der Waals surface area contributed by atoms with Crippen LogP contribution in [0.4, 0.5) is 0 Å². The Balaban J connectivity index is 1.84. The van der Waals surface area contributed by atoms with E-state index in [0.29, 0.717) is 6.42 Å². The highest BCUT2D eigenvalue weighted by Gasteiger charge is 2.20. The molecule has 1 aliphatic heterocycles. The molecule has 0 spiro atoms. The molecular weight excluding hydrogens is 304 g/mol. The SMILES string of the molecule is Cc1cc(CCC(=O)N2CCC(N)CC2)ccc1Br. The van der Waals surface area contributed by atoms with Gasteiger partial charge in [-0.25, -0.2) is 0 Å². The molecule has 0 atom stereocenters. The third kappa shape index (κ3) is 4.05. The van der Waals surface area contributed by atoms with Crippen molar-refractivity contribution in [2.45, 2.75) is 38.6 Å². The maximum Gasteiger partial charge on any atom is 0.222 e. The molecule has 1 aromatic carbocycles. The summed E-state index contributed by atoms with van der Waals surface area (Å²) < 4.78 is 1.12. The van der Waals surface area contributed by atoms with Crippen LogP contribution in [0.3, 0.4) is 0 Å². The van der Waals surface area contributed by atoms with Crippen molar-refractivity contribution in [3.8, 4) is 0 Å². The maximum absolute atomic E-state index is 12.1. The molecule has 0 aromatic heterocycles. The van der Waals surface area contributed by atoms with Gasteiger partial charge in [-0.05, 0) is 43.4 Å².